The van der Waals surface area contributed by atoms with Crippen molar-refractivity contribution in [2.45, 2.75) is 52.5 Å². The van der Waals surface area contributed by atoms with E-state index in [0.717, 1.165) is 21.6 Å². The lowest BCUT2D eigenvalue weighted by atomic mass is 9.91. The maximum Gasteiger partial charge on any atom is 0.325 e. The number of nitrogens with one attached hydrogen (secondary N) is 2. The van der Waals surface area contributed by atoms with Gasteiger partial charge in [0.25, 0.3) is 5.91 Å². The number of urea groups is 1. The smallest absolute Gasteiger partial charge is 0.325 e. The molecule has 0 saturated carbocycles. The molecule has 7 heteroatoms. The predicted octanol–water partition coefficient (Wildman–Crippen LogP) is 3.00. The molecule has 2 aromatic rings. The highest BCUT2D eigenvalue weighted by Gasteiger charge is 2.49. The number of hydrogen-bond acceptors (Lipinski definition) is 4. The average molecular weight is 424 g/mol. The number of rotatable bonds is 8. The van der Waals surface area contributed by atoms with Crippen molar-refractivity contribution in [2.75, 3.05) is 6.54 Å². The molecule has 7 nitrogen and oxygen atoms in total. The van der Waals surface area contributed by atoms with Crippen molar-refractivity contribution in [1.29, 1.82) is 0 Å². The third kappa shape index (κ3) is 5.11. The summed E-state index contributed by atoms with van der Waals surface area (Å²) in [5.41, 5.74) is 2.46. The third-order valence-electron chi connectivity index (χ3n) is 5.37. The summed E-state index contributed by atoms with van der Waals surface area (Å²) in [4.78, 5) is 38.9. The van der Waals surface area contributed by atoms with E-state index in [0.29, 0.717) is 12.2 Å². The van der Waals surface area contributed by atoms with Gasteiger partial charge >= 0.3 is 6.03 Å². The molecule has 1 atom stereocenters. The number of hydrogen-bond donors (Lipinski definition) is 2. The van der Waals surface area contributed by atoms with E-state index < -0.39 is 23.4 Å². The van der Waals surface area contributed by atoms with Crippen LogP contribution in [0.25, 0.3) is 0 Å². The fourth-order valence-corrected chi connectivity index (χ4v) is 3.44. The van der Waals surface area contributed by atoms with E-state index in [1.54, 1.807) is 6.92 Å². The van der Waals surface area contributed by atoms with Gasteiger partial charge in [0.1, 0.15) is 12.1 Å². The van der Waals surface area contributed by atoms with Crippen LogP contribution < -0.4 is 10.6 Å². The van der Waals surface area contributed by atoms with E-state index in [4.69, 9.17) is 4.74 Å². The number of aryl methyl sites for hydroxylation is 1. The molecule has 1 aliphatic heterocycles. The number of amides is 4. The average Bonchev–Trinajstić information content (AvgIpc) is 2.95. The minimum Gasteiger partial charge on any atom is -0.374 e. The minimum absolute atomic E-state index is 0.102. The molecule has 3 rings (SSSR count). The zero-order valence-corrected chi connectivity index (χ0v) is 18.4. The second-order valence-electron chi connectivity index (χ2n) is 8.22. The molecular weight excluding hydrogens is 394 g/mol. The SMILES string of the molecule is Cc1ccc(C2(C)NC(=O)N(CC(=O)NCc3ccccc3COC(C)C)C2=O)cc1. The number of imide groups is 1. The molecule has 0 aliphatic carbocycles. The lowest BCUT2D eigenvalue weighted by Crippen LogP contribution is -2.43. The van der Waals surface area contributed by atoms with Crippen molar-refractivity contribution in [1.82, 2.24) is 15.5 Å². The lowest BCUT2D eigenvalue weighted by Gasteiger charge is -2.22. The quantitative estimate of drug-likeness (QED) is 0.639. The number of ether oxygens (including phenoxy) is 1. The van der Waals surface area contributed by atoms with Crippen LogP contribution in [0.1, 0.15) is 43.0 Å². The van der Waals surface area contributed by atoms with Gasteiger partial charge in [0.15, 0.2) is 0 Å². The Morgan fingerprint density at radius 1 is 1.10 bits per heavy atom. The minimum atomic E-state index is -1.19. The van der Waals surface area contributed by atoms with E-state index in [1.165, 1.54) is 0 Å². The Hall–Kier alpha value is -3.19. The lowest BCUT2D eigenvalue weighted by molar-refractivity contribution is -0.134. The fourth-order valence-electron chi connectivity index (χ4n) is 3.44. The molecule has 1 heterocycles. The number of benzene rings is 2. The van der Waals surface area contributed by atoms with Crippen molar-refractivity contribution in [3.63, 3.8) is 0 Å². The van der Waals surface area contributed by atoms with Crippen LogP contribution in [0, 0.1) is 6.92 Å². The zero-order valence-electron chi connectivity index (χ0n) is 18.4. The van der Waals surface area contributed by atoms with Gasteiger partial charge in [0.2, 0.25) is 5.91 Å². The van der Waals surface area contributed by atoms with Gasteiger partial charge in [-0.05, 0) is 44.4 Å². The highest BCUT2D eigenvalue weighted by Crippen LogP contribution is 2.28. The van der Waals surface area contributed by atoms with Crippen molar-refractivity contribution in [3.05, 3.63) is 70.8 Å². The van der Waals surface area contributed by atoms with Crippen LogP contribution in [-0.4, -0.2) is 35.4 Å². The molecule has 2 N–H and O–H groups in total. The zero-order chi connectivity index (χ0) is 22.6. The van der Waals surface area contributed by atoms with Gasteiger partial charge in [-0.2, -0.15) is 0 Å². The van der Waals surface area contributed by atoms with Gasteiger partial charge in [-0.1, -0.05) is 54.1 Å². The highest BCUT2D eigenvalue weighted by molar-refractivity contribution is 6.09. The fraction of sp³-hybridized carbons (Fsp3) is 0.375. The van der Waals surface area contributed by atoms with Crippen LogP contribution in [0.3, 0.4) is 0 Å². The standard InChI is InChI=1S/C24H29N3O4/c1-16(2)31-15-19-8-6-5-7-18(19)13-25-21(28)14-27-22(29)24(4,26-23(27)30)20-11-9-17(3)10-12-20/h5-12,16H,13-15H2,1-4H3,(H,25,28)(H,26,30). The number of carbonyl (C=O) groups is 3. The first-order valence-corrected chi connectivity index (χ1v) is 10.4. The van der Waals surface area contributed by atoms with Crippen molar-refractivity contribution < 1.29 is 19.1 Å². The summed E-state index contributed by atoms with van der Waals surface area (Å²) >= 11 is 0. The summed E-state index contributed by atoms with van der Waals surface area (Å²) in [6.07, 6.45) is 0.102. The third-order valence-corrected chi connectivity index (χ3v) is 5.37. The number of nitrogens with zero attached hydrogens (tertiary/aromatic N) is 1. The second kappa shape index (κ2) is 9.31. The Morgan fingerprint density at radius 3 is 2.39 bits per heavy atom. The predicted molar refractivity (Wildman–Crippen MR) is 117 cm³/mol. The van der Waals surface area contributed by atoms with Gasteiger partial charge in [-0.3, -0.25) is 14.5 Å². The molecule has 164 valence electrons. The summed E-state index contributed by atoms with van der Waals surface area (Å²) in [5.74, 6) is -0.849. The van der Waals surface area contributed by atoms with Gasteiger partial charge in [-0.25, -0.2) is 4.79 Å². The van der Waals surface area contributed by atoms with Crippen LogP contribution in [-0.2, 0) is 33.0 Å². The molecule has 4 amide bonds. The Bertz CT molecular complexity index is 971. The van der Waals surface area contributed by atoms with Gasteiger partial charge < -0.3 is 15.4 Å². The van der Waals surface area contributed by atoms with Gasteiger partial charge in [0.05, 0.1) is 12.7 Å². The van der Waals surface area contributed by atoms with E-state index >= 15 is 0 Å². The molecular formula is C24H29N3O4. The van der Waals surface area contributed by atoms with E-state index in [-0.39, 0.29) is 19.2 Å². The van der Waals surface area contributed by atoms with Crippen molar-refractivity contribution in [2.24, 2.45) is 0 Å². The Morgan fingerprint density at radius 2 is 1.74 bits per heavy atom. The van der Waals surface area contributed by atoms with Crippen LogP contribution >= 0.6 is 0 Å². The normalized spacial score (nSPS) is 18.4. The maximum absolute atomic E-state index is 13.0. The van der Waals surface area contributed by atoms with Crippen LogP contribution in [0.15, 0.2) is 48.5 Å². The molecule has 0 bridgehead atoms. The summed E-state index contributed by atoms with van der Waals surface area (Å²) in [7, 11) is 0. The Balaban J connectivity index is 1.63. The van der Waals surface area contributed by atoms with Gasteiger partial charge in [0, 0.05) is 6.54 Å². The largest absolute Gasteiger partial charge is 0.374 e. The van der Waals surface area contributed by atoms with E-state index in [1.807, 2.05) is 69.3 Å². The molecule has 1 aliphatic rings. The highest BCUT2D eigenvalue weighted by atomic mass is 16.5. The molecule has 0 aromatic heterocycles. The molecule has 1 unspecified atom stereocenters. The maximum atomic E-state index is 13.0. The van der Waals surface area contributed by atoms with Crippen LogP contribution in [0.2, 0.25) is 0 Å². The monoisotopic (exact) mass is 423 g/mol. The molecule has 31 heavy (non-hydrogen) atoms. The first kappa shape index (κ1) is 22.5. The molecule has 0 radical (unpaired) electrons. The van der Waals surface area contributed by atoms with E-state index in [9.17, 15) is 14.4 Å². The van der Waals surface area contributed by atoms with Crippen LogP contribution in [0.5, 0.6) is 0 Å². The topological polar surface area (TPSA) is 87.7 Å². The summed E-state index contributed by atoms with van der Waals surface area (Å²) in [6.45, 7) is 7.93. The Labute approximate surface area is 182 Å². The second-order valence-corrected chi connectivity index (χ2v) is 8.22. The summed E-state index contributed by atoms with van der Waals surface area (Å²) < 4.78 is 5.66. The first-order valence-electron chi connectivity index (χ1n) is 10.4. The molecule has 1 fully saturated rings. The molecule has 2 aromatic carbocycles. The van der Waals surface area contributed by atoms with Crippen molar-refractivity contribution in [3.8, 4) is 0 Å². The van der Waals surface area contributed by atoms with Crippen molar-refractivity contribution >= 4 is 17.8 Å². The molecule has 1 saturated heterocycles. The summed E-state index contributed by atoms with van der Waals surface area (Å²) in [6, 6.07) is 14.5. The van der Waals surface area contributed by atoms with E-state index in [2.05, 4.69) is 10.6 Å². The number of carbonyl (C=O) groups excluding carboxylic acids is 3. The van der Waals surface area contributed by atoms with Gasteiger partial charge in [-0.15, -0.1) is 0 Å². The Kier molecular flexibility index (Phi) is 6.75. The summed E-state index contributed by atoms with van der Waals surface area (Å²) in [5, 5.41) is 5.52. The first-order chi connectivity index (χ1) is 14.7. The molecule has 0 spiro atoms. The van der Waals surface area contributed by atoms with Crippen LogP contribution in [0.4, 0.5) is 4.79 Å².